The Morgan fingerprint density at radius 1 is 0.122 bits per heavy atom. The molecule has 696 valence electrons. The third kappa shape index (κ3) is 17.0. The predicted molar refractivity (Wildman–Crippen MR) is 624 cm³/mol. The number of hydrogen-bond donors (Lipinski definition) is 0. The Bertz CT molecular complexity index is 9600. The summed E-state index contributed by atoms with van der Waals surface area (Å²) >= 11 is 0. The van der Waals surface area contributed by atoms with E-state index in [4.69, 9.17) is 13.3 Å². The monoisotopic (exact) mass is 1890 g/mol. The van der Waals surface area contributed by atoms with Crippen molar-refractivity contribution in [1.82, 2.24) is 0 Å². The van der Waals surface area contributed by atoms with E-state index in [1.165, 1.54) is 143 Å². The van der Waals surface area contributed by atoms with Gasteiger partial charge in [0.05, 0.1) is 17.1 Å². The minimum absolute atomic E-state index is 0.864. The fourth-order valence-electron chi connectivity index (χ4n) is 21.5. The van der Waals surface area contributed by atoms with E-state index in [9.17, 15) is 0 Å². The summed E-state index contributed by atoms with van der Waals surface area (Å²) in [7, 11) is 0. The molecule has 148 heavy (non-hydrogen) atoms. The van der Waals surface area contributed by atoms with Crippen LogP contribution in [0.25, 0.3) is 209 Å². The summed E-state index contributed by atoms with van der Waals surface area (Å²) in [5, 5.41) is 16.5. The SMILES string of the molecule is c1ccc(-c2ccc(-c3ccc(N(c4ccc(-c5cccc(-c6ccccc6)c5)cc4)c4cccc5c4oc4ccc6ccccc6c45)cc3)cc2)cc1.c1ccc(-c2cccc(-c3ccc(N(c4ccc(-c5cccc(-c6ccccc6)c5)cc4)c4cccc5c4oc4ccc6ccccc6c45)cc3)c2)cc1.c1ccc(N(c2ccc(-c3cccc4ccccc34)cc2)c2cccc3c2oc2ccc4ccccc4c23)cc1. The highest BCUT2D eigenvalue weighted by Crippen LogP contribution is 2.51. The second kappa shape index (κ2) is 39.0. The van der Waals surface area contributed by atoms with Gasteiger partial charge in [-0.2, -0.15) is 0 Å². The Labute approximate surface area is 858 Å². The number of para-hydroxylation sites is 4. The Hall–Kier alpha value is -19.7. The number of fused-ring (bicyclic) bond motifs is 16. The lowest BCUT2D eigenvalue weighted by molar-refractivity contribution is 0.669. The smallest absolute Gasteiger partial charge is 0.159 e. The van der Waals surface area contributed by atoms with Crippen LogP contribution >= 0.6 is 0 Å². The summed E-state index contributed by atoms with van der Waals surface area (Å²) in [5.41, 5.74) is 36.2. The molecule has 0 spiro atoms. The third-order valence-electron chi connectivity index (χ3n) is 28.8. The van der Waals surface area contributed by atoms with Gasteiger partial charge in [0.15, 0.2) is 16.7 Å². The van der Waals surface area contributed by atoms with E-state index in [2.05, 4.69) is 591 Å². The number of rotatable bonds is 18. The van der Waals surface area contributed by atoms with Crippen molar-refractivity contribution < 1.29 is 13.3 Å². The van der Waals surface area contributed by atoms with Crippen LogP contribution in [0.5, 0.6) is 0 Å². The van der Waals surface area contributed by atoms with Crippen LogP contribution in [0.2, 0.25) is 0 Å². The topological polar surface area (TPSA) is 49.1 Å². The lowest BCUT2D eigenvalue weighted by Crippen LogP contribution is -2.10. The molecule has 0 unspecified atom stereocenters. The normalized spacial score (nSPS) is 11.4. The summed E-state index contributed by atoms with van der Waals surface area (Å²) in [6.45, 7) is 0. The van der Waals surface area contributed by atoms with E-state index < -0.39 is 0 Å². The molecule has 3 heterocycles. The zero-order valence-electron chi connectivity index (χ0n) is 80.9. The molecular weight excluding hydrogens is 1800 g/mol. The number of benzene rings is 25. The summed E-state index contributed by atoms with van der Waals surface area (Å²) in [6, 6.07) is 205. The van der Waals surface area contributed by atoms with Crippen LogP contribution in [-0.4, -0.2) is 0 Å². The molecule has 0 N–H and O–H groups in total. The molecule has 0 atom stereocenters. The molecule has 25 aromatic carbocycles. The first-order valence-corrected chi connectivity index (χ1v) is 50.5. The van der Waals surface area contributed by atoms with E-state index in [1.54, 1.807) is 0 Å². The first-order valence-electron chi connectivity index (χ1n) is 50.5. The average Bonchev–Trinajstić information content (AvgIpc) is 1.59. The molecule has 28 rings (SSSR count). The van der Waals surface area contributed by atoms with E-state index in [0.717, 1.165) is 117 Å². The quantitative estimate of drug-likeness (QED) is 0.0853. The van der Waals surface area contributed by atoms with Gasteiger partial charge >= 0.3 is 0 Å². The Morgan fingerprint density at radius 2 is 0.318 bits per heavy atom. The highest BCUT2D eigenvalue weighted by molar-refractivity contribution is 6.24. The molecule has 3 aromatic heterocycles. The zero-order chi connectivity index (χ0) is 98.2. The summed E-state index contributed by atoms with van der Waals surface area (Å²) in [4.78, 5) is 6.93. The predicted octanol–water partition coefficient (Wildman–Crippen LogP) is 40.8. The number of furan rings is 3. The van der Waals surface area contributed by atoms with Crippen LogP contribution in [0.15, 0.2) is 590 Å². The molecule has 0 bridgehead atoms. The molecule has 0 fully saturated rings. The van der Waals surface area contributed by atoms with Gasteiger partial charge in [0, 0.05) is 66.4 Å². The first kappa shape index (κ1) is 88.5. The van der Waals surface area contributed by atoms with Crippen molar-refractivity contribution in [3.63, 3.8) is 0 Å². The van der Waals surface area contributed by atoms with E-state index in [0.29, 0.717) is 0 Å². The van der Waals surface area contributed by atoms with Crippen molar-refractivity contribution in [1.29, 1.82) is 0 Å². The molecule has 0 aliphatic carbocycles. The molecule has 6 nitrogen and oxygen atoms in total. The van der Waals surface area contributed by atoms with Gasteiger partial charge in [0.1, 0.15) is 16.7 Å². The molecule has 0 aliphatic heterocycles. The largest absolute Gasteiger partial charge is 0.454 e. The number of anilines is 9. The zero-order valence-corrected chi connectivity index (χ0v) is 80.9. The van der Waals surface area contributed by atoms with Gasteiger partial charge in [-0.05, 0) is 271 Å². The van der Waals surface area contributed by atoms with Gasteiger partial charge in [-0.3, -0.25) is 0 Å². The van der Waals surface area contributed by atoms with Crippen LogP contribution in [0, 0.1) is 0 Å². The van der Waals surface area contributed by atoms with Crippen molar-refractivity contribution in [2.75, 3.05) is 14.7 Å². The van der Waals surface area contributed by atoms with Crippen molar-refractivity contribution in [3.05, 3.63) is 576 Å². The van der Waals surface area contributed by atoms with Crippen LogP contribution in [0.4, 0.5) is 51.2 Å². The molecule has 0 saturated carbocycles. The van der Waals surface area contributed by atoms with E-state index >= 15 is 0 Å². The van der Waals surface area contributed by atoms with Gasteiger partial charge in [0.2, 0.25) is 0 Å². The summed E-state index contributed by atoms with van der Waals surface area (Å²) < 4.78 is 20.1. The highest BCUT2D eigenvalue weighted by Gasteiger charge is 2.27. The van der Waals surface area contributed by atoms with E-state index in [1.807, 2.05) is 0 Å². The summed E-state index contributed by atoms with van der Waals surface area (Å²) in [5.74, 6) is 0. The van der Waals surface area contributed by atoms with Crippen molar-refractivity contribution in [3.8, 4) is 100 Å². The lowest BCUT2D eigenvalue weighted by Gasteiger charge is -2.26. The maximum Gasteiger partial charge on any atom is 0.159 e. The van der Waals surface area contributed by atoms with Crippen LogP contribution in [-0.2, 0) is 0 Å². The molecule has 0 amide bonds. The van der Waals surface area contributed by atoms with E-state index in [-0.39, 0.29) is 0 Å². The maximum absolute atomic E-state index is 6.77. The Kier molecular flexibility index (Phi) is 23.3. The van der Waals surface area contributed by atoms with Crippen LogP contribution < -0.4 is 14.7 Å². The fraction of sp³-hybridized carbons (Fsp3) is 0. The second-order valence-corrected chi connectivity index (χ2v) is 37.6. The summed E-state index contributed by atoms with van der Waals surface area (Å²) in [6.07, 6.45) is 0. The van der Waals surface area contributed by atoms with Gasteiger partial charge < -0.3 is 28.0 Å². The van der Waals surface area contributed by atoms with Crippen LogP contribution in [0.3, 0.4) is 0 Å². The van der Waals surface area contributed by atoms with Crippen molar-refractivity contribution in [2.45, 2.75) is 0 Å². The minimum atomic E-state index is 0.864. The third-order valence-corrected chi connectivity index (χ3v) is 28.8. The number of nitrogens with zero attached hydrogens (tertiary/aromatic N) is 3. The van der Waals surface area contributed by atoms with Gasteiger partial charge in [-0.1, -0.05) is 449 Å². The Morgan fingerprint density at radius 3 is 0.622 bits per heavy atom. The molecule has 0 radical (unpaired) electrons. The lowest BCUT2D eigenvalue weighted by atomic mass is 9.98. The highest BCUT2D eigenvalue weighted by atomic mass is 16.3. The number of hydrogen-bond acceptors (Lipinski definition) is 6. The first-order chi connectivity index (χ1) is 73.4. The molecule has 28 aromatic rings. The fourth-order valence-corrected chi connectivity index (χ4v) is 21.5. The minimum Gasteiger partial charge on any atom is -0.454 e. The second-order valence-electron chi connectivity index (χ2n) is 37.6. The molecule has 0 saturated heterocycles. The molecule has 6 heteroatoms. The van der Waals surface area contributed by atoms with Gasteiger partial charge in [-0.25, -0.2) is 0 Å². The van der Waals surface area contributed by atoms with Gasteiger partial charge in [0.25, 0.3) is 0 Å². The Balaban J connectivity index is 0.000000114. The standard InChI is InChI=1S/2C52H35NO.C38H25NO/c1-3-12-36(13-4-1)41-17-9-19-43(34-41)38-24-29-45(30-25-38)53(46-31-26-39(27-32-46)44-20-10-18-42(35-44)37-14-5-2-6-15-37)49-23-11-22-48-51-47-21-8-7-16-40(47)28-33-50(51)54-52(48)49;1-3-11-36(12-4-1)38-21-23-39(24-22-38)40-25-30-45(31-26-40)53(46-32-27-41(28-33-46)44-17-9-16-43(35-44)37-13-5-2-6-14-37)49-20-10-19-48-51-47-18-8-7-15-42(47)29-34-50(51)54-52(48)49;1-2-13-29(14-3-1)39(30-23-20-28(21-24-30)32-17-8-12-26-10-4-6-15-31(26)32)35-19-9-18-34-37-33-16-7-5-11-27(33)22-25-36(37)40-38(34)35/h2*1-35H;1-25H. The molecule has 0 aliphatic rings. The van der Waals surface area contributed by atoms with Crippen molar-refractivity contribution in [2.24, 2.45) is 0 Å². The molecular formula is C142H95N3O3. The van der Waals surface area contributed by atoms with Gasteiger partial charge in [-0.15, -0.1) is 0 Å². The van der Waals surface area contributed by atoms with Crippen LogP contribution in [0.1, 0.15) is 0 Å². The van der Waals surface area contributed by atoms with Crippen molar-refractivity contribution >= 4 is 160 Å². The maximum atomic E-state index is 6.77. The average molecular weight is 1890 g/mol.